The van der Waals surface area contributed by atoms with Crippen molar-refractivity contribution < 1.29 is 44.2 Å². The van der Waals surface area contributed by atoms with Gasteiger partial charge in [-0.05, 0) is 94.0 Å². The Morgan fingerprint density at radius 1 is 1.00 bits per heavy atom. The molecule has 212 valence electrons. The number of cyclic esters (lactones) is 1. The van der Waals surface area contributed by atoms with Gasteiger partial charge in [0.15, 0.2) is 6.29 Å². The van der Waals surface area contributed by atoms with E-state index in [0.29, 0.717) is 32.3 Å². The second-order valence-electron chi connectivity index (χ2n) is 13.2. The largest absolute Gasteiger partial charge is 0.458 e. The Balaban J connectivity index is 1.19. The molecule has 4 aliphatic carbocycles. The lowest BCUT2D eigenvalue weighted by Gasteiger charge is -2.63. The molecule has 0 aromatic carbocycles. The van der Waals surface area contributed by atoms with Crippen LogP contribution < -0.4 is 0 Å². The van der Waals surface area contributed by atoms with Crippen LogP contribution >= 0.6 is 0 Å². The summed E-state index contributed by atoms with van der Waals surface area (Å²) < 4.78 is 17.0. The van der Waals surface area contributed by atoms with E-state index in [1.165, 1.54) is 6.29 Å². The highest BCUT2D eigenvalue weighted by Crippen LogP contribution is 2.69. The molecule has 9 heteroatoms. The molecule has 0 aromatic heterocycles. The molecule has 6 aliphatic rings. The minimum Gasteiger partial charge on any atom is -0.458 e. The lowest BCUT2D eigenvalue weighted by atomic mass is 9.43. The number of hydrogen-bond acceptors (Lipinski definition) is 9. The standard InChI is InChI=1S/C29H42O9/c1-15-23(32)24(33)25(34)26(37-15)38-18-5-9-28(14-30)17(12-18)3-4-21-20(28)6-8-27(2)19(7-10-29(21,27)35)16-11-22(31)36-13-16/h11,14-15,17-21,23-26,32-35H,3-10,12-13H2,1-2H3/t15-,17+,18-,19+,20-,21+,23+,24-,25+,26+,27+,28+,29-/m0/s1. The molecule has 9 nitrogen and oxygen atoms in total. The zero-order chi connectivity index (χ0) is 27.0. The van der Waals surface area contributed by atoms with Gasteiger partial charge in [-0.25, -0.2) is 4.79 Å². The van der Waals surface area contributed by atoms with Gasteiger partial charge in [0, 0.05) is 16.9 Å². The molecule has 0 bridgehead atoms. The molecular weight excluding hydrogens is 492 g/mol. The van der Waals surface area contributed by atoms with Crippen molar-refractivity contribution in [2.24, 2.45) is 34.5 Å². The lowest BCUT2D eigenvalue weighted by Crippen LogP contribution is -2.63. The fraction of sp³-hybridized carbons (Fsp3) is 0.862. The maximum absolute atomic E-state index is 12.9. The third-order valence-corrected chi connectivity index (χ3v) is 11.9. The highest BCUT2D eigenvalue weighted by Gasteiger charge is 2.68. The fourth-order valence-corrected chi connectivity index (χ4v) is 9.73. The van der Waals surface area contributed by atoms with E-state index in [1.807, 2.05) is 0 Å². The first-order chi connectivity index (χ1) is 18.0. The normalized spacial score (nSPS) is 54.4. The zero-order valence-corrected chi connectivity index (χ0v) is 22.3. The molecular formula is C29H42O9. The van der Waals surface area contributed by atoms with Crippen molar-refractivity contribution in [3.05, 3.63) is 11.6 Å². The molecule has 0 spiro atoms. The first-order valence-electron chi connectivity index (χ1n) is 14.4. The van der Waals surface area contributed by atoms with Crippen LogP contribution in [0.1, 0.15) is 71.6 Å². The quantitative estimate of drug-likeness (QED) is 0.240. The number of aldehydes is 1. The number of hydrogen-bond donors (Lipinski definition) is 4. The van der Waals surface area contributed by atoms with E-state index < -0.39 is 41.7 Å². The Morgan fingerprint density at radius 2 is 1.79 bits per heavy atom. The summed E-state index contributed by atoms with van der Waals surface area (Å²) in [7, 11) is 0. The number of aliphatic hydroxyl groups excluding tert-OH is 3. The van der Waals surface area contributed by atoms with Crippen molar-refractivity contribution in [2.75, 3.05) is 6.61 Å². The van der Waals surface area contributed by atoms with Crippen LogP contribution in [-0.4, -0.2) is 81.7 Å². The van der Waals surface area contributed by atoms with Crippen LogP contribution in [0.2, 0.25) is 0 Å². The van der Waals surface area contributed by atoms with Crippen LogP contribution in [0.15, 0.2) is 11.6 Å². The van der Waals surface area contributed by atoms with Gasteiger partial charge < -0.3 is 39.4 Å². The number of rotatable bonds is 4. The number of ether oxygens (including phenoxy) is 3. The third-order valence-electron chi connectivity index (χ3n) is 11.9. The van der Waals surface area contributed by atoms with E-state index >= 15 is 0 Å². The van der Waals surface area contributed by atoms with Gasteiger partial charge in [-0.1, -0.05) is 6.92 Å². The first kappa shape index (κ1) is 26.8. The molecule has 4 N–H and O–H groups in total. The van der Waals surface area contributed by atoms with E-state index in [4.69, 9.17) is 14.2 Å². The van der Waals surface area contributed by atoms with Crippen molar-refractivity contribution in [3.63, 3.8) is 0 Å². The van der Waals surface area contributed by atoms with Crippen molar-refractivity contribution in [2.45, 2.75) is 114 Å². The summed E-state index contributed by atoms with van der Waals surface area (Å²) >= 11 is 0. The molecule has 4 saturated carbocycles. The van der Waals surface area contributed by atoms with Gasteiger partial charge in [-0.2, -0.15) is 0 Å². The van der Waals surface area contributed by atoms with Crippen LogP contribution in [-0.2, 0) is 23.8 Å². The SMILES string of the molecule is C[C@@H]1O[C@H](O[C@H]2CC[C@@]3(C=O)[C@H](CC[C@@H]4[C@@H]3CC[C@]3(C)[C@@H](C5=CC(=O)OC5)CC[C@]43O)C2)[C@H](O)[C@@H](O)[C@@H]1O. The highest BCUT2D eigenvalue weighted by atomic mass is 16.7. The molecule has 0 aromatic rings. The van der Waals surface area contributed by atoms with Gasteiger partial charge in [0.25, 0.3) is 0 Å². The fourth-order valence-electron chi connectivity index (χ4n) is 9.73. The maximum atomic E-state index is 12.9. The predicted molar refractivity (Wildman–Crippen MR) is 133 cm³/mol. The molecule has 5 fully saturated rings. The summed E-state index contributed by atoms with van der Waals surface area (Å²) in [6, 6.07) is 0. The zero-order valence-electron chi connectivity index (χ0n) is 22.3. The van der Waals surface area contributed by atoms with Crippen LogP contribution in [0, 0.1) is 34.5 Å². The van der Waals surface area contributed by atoms with Crippen LogP contribution in [0.3, 0.4) is 0 Å². The van der Waals surface area contributed by atoms with Crippen molar-refractivity contribution >= 4 is 12.3 Å². The van der Waals surface area contributed by atoms with Gasteiger partial charge in [0.2, 0.25) is 0 Å². The average molecular weight is 535 g/mol. The number of fused-ring (bicyclic) bond motifs is 5. The number of esters is 1. The molecule has 0 unspecified atom stereocenters. The van der Waals surface area contributed by atoms with Gasteiger partial charge in [0.05, 0.1) is 17.8 Å². The van der Waals surface area contributed by atoms with Crippen LogP contribution in [0.4, 0.5) is 0 Å². The summed E-state index contributed by atoms with van der Waals surface area (Å²) in [5.74, 6) is 0.0678. The van der Waals surface area contributed by atoms with Crippen molar-refractivity contribution in [1.29, 1.82) is 0 Å². The van der Waals surface area contributed by atoms with E-state index in [9.17, 15) is 30.0 Å². The van der Waals surface area contributed by atoms with E-state index in [-0.39, 0.29) is 41.2 Å². The molecule has 1 saturated heterocycles. The Hall–Kier alpha value is -1.36. The van der Waals surface area contributed by atoms with Crippen molar-refractivity contribution in [3.8, 4) is 0 Å². The molecule has 0 amide bonds. The molecule has 13 atom stereocenters. The Kier molecular flexibility index (Phi) is 6.60. The number of aliphatic hydroxyl groups is 4. The molecule has 2 aliphatic heterocycles. The Labute approximate surface area is 223 Å². The summed E-state index contributed by atoms with van der Waals surface area (Å²) in [5.41, 5.74) is -0.739. The van der Waals surface area contributed by atoms with Crippen LogP contribution in [0.25, 0.3) is 0 Å². The van der Waals surface area contributed by atoms with E-state index in [2.05, 4.69) is 6.92 Å². The number of carbonyl (C=O) groups excluding carboxylic acids is 2. The molecule has 6 rings (SSSR count). The van der Waals surface area contributed by atoms with E-state index in [1.54, 1.807) is 13.0 Å². The summed E-state index contributed by atoms with van der Waals surface area (Å²) in [4.78, 5) is 24.7. The van der Waals surface area contributed by atoms with E-state index in [0.717, 1.165) is 37.7 Å². The second kappa shape index (κ2) is 9.35. The number of carbonyl (C=O) groups is 2. The minimum atomic E-state index is -1.34. The van der Waals surface area contributed by atoms with Crippen molar-refractivity contribution in [1.82, 2.24) is 0 Å². The minimum absolute atomic E-state index is 0.0322. The predicted octanol–water partition coefficient (Wildman–Crippen LogP) is 1.64. The van der Waals surface area contributed by atoms with Gasteiger partial charge in [-0.3, -0.25) is 0 Å². The topological polar surface area (TPSA) is 143 Å². The summed E-state index contributed by atoms with van der Waals surface area (Å²) in [6.45, 7) is 4.13. The van der Waals surface area contributed by atoms with Gasteiger partial charge in [0.1, 0.15) is 31.2 Å². The Bertz CT molecular complexity index is 999. The summed E-state index contributed by atoms with van der Waals surface area (Å²) in [5, 5.41) is 42.9. The lowest BCUT2D eigenvalue weighted by molar-refractivity contribution is -0.309. The second-order valence-corrected chi connectivity index (χ2v) is 13.2. The Morgan fingerprint density at radius 3 is 2.50 bits per heavy atom. The maximum Gasteiger partial charge on any atom is 0.331 e. The monoisotopic (exact) mass is 534 g/mol. The smallest absolute Gasteiger partial charge is 0.331 e. The molecule has 0 radical (unpaired) electrons. The summed E-state index contributed by atoms with van der Waals surface area (Å²) in [6.07, 6.45) is 3.80. The highest BCUT2D eigenvalue weighted by molar-refractivity contribution is 5.85. The molecule has 2 heterocycles. The first-order valence-corrected chi connectivity index (χ1v) is 14.4. The van der Waals surface area contributed by atoms with Gasteiger partial charge >= 0.3 is 5.97 Å². The molecule has 38 heavy (non-hydrogen) atoms. The van der Waals surface area contributed by atoms with Crippen LogP contribution in [0.5, 0.6) is 0 Å². The average Bonchev–Trinajstić information content (AvgIpc) is 3.45. The van der Waals surface area contributed by atoms with Gasteiger partial charge in [-0.15, -0.1) is 0 Å². The third kappa shape index (κ3) is 3.72.